The quantitative estimate of drug-likeness (QED) is 0.0561. The van der Waals surface area contributed by atoms with Crippen molar-refractivity contribution in [1.82, 2.24) is 39.9 Å². The molecule has 108 heavy (non-hydrogen) atoms. The molecule has 6 aromatic heterocycles. The molecule has 0 aliphatic heterocycles. The van der Waals surface area contributed by atoms with Crippen LogP contribution in [-0.2, 0) is 6.42 Å². The van der Waals surface area contributed by atoms with Gasteiger partial charge in [0.15, 0.2) is 11.6 Å². The summed E-state index contributed by atoms with van der Waals surface area (Å²) in [6, 6.07) is 119. The number of nitrogens with two attached hydrogens (primary N) is 1. The number of hydrogen-bond donors (Lipinski definition) is 2. The van der Waals surface area contributed by atoms with Gasteiger partial charge >= 0.3 is 0 Å². The molecule has 514 valence electrons. The third-order valence-electron chi connectivity index (χ3n) is 18.4. The van der Waals surface area contributed by atoms with E-state index in [0.29, 0.717) is 35.2 Å². The molecule has 10 heteroatoms. The number of hydrogen-bond acceptors (Lipinski definition) is 10. The third kappa shape index (κ3) is 16.9. The SMILES string of the molecule is N/C(=C\C(=C/Cc1ncccc1-c1ccccc1-c1ccc(-c2nc(-c3ccccc3)cc(-c3ccccc3)n2)cc1)c1ccccc1)c1ccccn1.N=C(/C=C(\C=C\c1cc(-c2ccccc2-c2ccc(-c3nc(-c4ccccc4)cc(-c4ccccc4)n3)cc2)ccn1)c1ccccc1)c1ccccn1. The van der Waals surface area contributed by atoms with Crippen molar-refractivity contribution in [3.8, 4) is 112 Å². The Labute approximate surface area is 629 Å². The van der Waals surface area contributed by atoms with Gasteiger partial charge in [-0.25, -0.2) is 19.9 Å². The number of benzene rings is 10. The average molecular weight is 1390 g/mol. The van der Waals surface area contributed by atoms with Crippen LogP contribution in [0.2, 0.25) is 0 Å². The summed E-state index contributed by atoms with van der Waals surface area (Å²) < 4.78 is 0. The molecule has 0 aliphatic carbocycles. The summed E-state index contributed by atoms with van der Waals surface area (Å²) in [7, 11) is 0. The molecule has 0 saturated heterocycles. The Morgan fingerprint density at radius 3 is 1.16 bits per heavy atom. The third-order valence-corrected chi connectivity index (χ3v) is 18.4. The van der Waals surface area contributed by atoms with Gasteiger partial charge < -0.3 is 5.73 Å². The molecule has 0 spiro atoms. The van der Waals surface area contributed by atoms with E-state index in [-0.39, 0.29) is 0 Å². The number of rotatable bonds is 20. The van der Waals surface area contributed by atoms with Gasteiger partial charge in [0.2, 0.25) is 0 Å². The molecule has 0 amide bonds. The lowest BCUT2D eigenvalue weighted by Gasteiger charge is -2.14. The fourth-order valence-corrected chi connectivity index (χ4v) is 12.9. The van der Waals surface area contributed by atoms with Crippen LogP contribution in [0.5, 0.6) is 0 Å². The molecule has 0 bridgehead atoms. The monoisotopic (exact) mass is 1390 g/mol. The van der Waals surface area contributed by atoms with E-state index in [0.717, 1.165) is 140 Å². The van der Waals surface area contributed by atoms with E-state index in [4.69, 9.17) is 36.1 Å². The Bertz CT molecular complexity index is 5740. The minimum atomic E-state index is 0.341. The van der Waals surface area contributed by atoms with Gasteiger partial charge in [0.25, 0.3) is 0 Å². The topological polar surface area (TPSA) is 153 Å². The standard InChI is InChI=1S/C49H37N5.C49H35N5/c50-44(46-24-12-13-31-52-46)33-40(35-15-4-1-5-16-35)29-30-45-43(23-14-32-51-45)42-22-11-10-21-41(42)36-25-27-39(28-26-36)49-53-47(37-17-6-2-7-18-37)34-48(54-49)38-19-8-3-9-20-38;50-45(46-22-12-13-30-52-46)33-40(35-14-4-1-5-15-35)27-28-42-32-41(29-31-51-42)44-21-11-10-20-43(44)36-23-25-39(26-24-36)49-53-47(37-16-6-2-7-17-37)34-48(54-49)38-18-8-3-9-19-38/h1-29,31-34H,30,50H2;1-34,50H/b40-29+,44-33-;28-27+,40-33+,50-45?. The van der Waals surface area contributed by atoms with Crippen molar-refractivity contribution in [3.05, 3.63) is 435 Å². The van der Waals surface area contributed by atoms with Crippen LogP contribution in [0.1, 0.15) is 33.9 Å². The summed E-state index contributed by atoms with van der Waals surface area (Å²) >= 11 is 0. The van der Waals surface area contributed by atoms with E-state index < -0.39 is 0 Å². The molecular formula is C98H72N10. The molecule has 10 nitrogen and oxygen atoms in total. The second-order valence-corrected chi connectivity index (χ2v) is 25.6. The highest BCUT2D eigenvalue weighted by Crippen LogP contribution is 2.38. The summed E-state index contributed by atoms with van der Waals surface area (Å²) in [5.74, 6) is 1.36. The van der Waals surface area contributed by atoms with Gasteiger partial charge in [-0.15, -0.1) is 0 Å². The molecule has 16 aromatic rings. The second kappa shape index (κ2) is 33.7. The number of nitrogens with one attached hydrogen (secondary N) is 1. The van der Waals surface area contributed by atoms with Crippen molar-refractivity contribution in [2.45, 2.75) is 6.42 Å². The van der Waals surface area contributed by atoms with Crippen molar-refractivity contribution >= 4 is 28.6 Å². The molecule has 10 aromatic carbocycles. The minimum absolute atomic E-state index is 0.341. The van der Waals surface area contributed by atoms with E-state index >= 15 is 0 Å². The van der Waals surface area contributed by atoms with Crippen LogP contribution in [0, 0.1) is 5.41 Å². The molecule has 0 aliphatic rings. The summed E-state index contributed by atoms with van der Waals surface area (Å²) in [5.41, 5.74) is 33.0. The zero-order valence-corrected chi connectivity index (χ0v) is 59.0. The summed E-state index contributed by atoms with van der Waals surface area (Å²) in [5, 5.41) is 8.70. The minimum Gasteiger partial charge on any atom is -0.397 e. The first-order valence-electron chi connectivity index (χ1n) is 35.8. The smallest absolute Gasteiger partial charge is 0.160 e. The second-order valence-electron chi connectivity index (χ2n) is 25.6. The first-order chi connectivity index (χ1) is 53.4. The molecule has 0 atom stereocenters. The molecule has 0 fully saturated rings. The first kappa shape index (κ1) is 69.1. The van der Waals surface area contributed by atoms with Gasteiger partial charge in [-0.2, -0.15) is 0 Å². The lowest BCUT2D eigenvalue weighted by atomic mass is 9.92. The largest absolute Gasteiger partial charge is 0.397 e. The maximum Gasteiger partial charge on any atom is 0.160 e. The Morgan fingerprint density at radius 2 is 0.685 bits per heavy atom. The lowest BCUT2D eigenvalue weighted by Crippen LogP contribution is -2.00. The van der Waals surface area contributed by atoms with Crippen LogP contribution in [0.4, 0.5) is 0 Å². The summed E-state index contributed by atoms with van der Waals surface area (Å²) in [6.45, 7) is 0. The highest BCUT2D eigenvalue weighted by atomic mass is 14.9. The van der Waals surface area contributed by atoms with Crippen molar-refractivity contribution in [2.75, 3.05) is 0 Å². The predicted octanol–water partition coefficient (Wildman–Crippen LogP) is 23.0. The van der Waals surface area contributed by atoms with E-state index in [9.17, 15) is 0 Å². The Kier molecular flexibility index (Phi) is 21.5. The molecule has 6 heterocycles. The van der Waals surface area contributed by atoms with Crippen molar-refractivity contribution < 1.29 is 0 Å². The van der Waals surface area contributed by atoms with Crippen molar-refractivity contribution in [3.63, 3.8) is 0 Å². The average Bonchev–Trinajstić information content (AvgIpc) is 0.797. The van der Waals surface area contributed by atoms with Gasteiger partial charge in [0.05, 0.1) is 57.0 Å². The van der Waals surface area contributed by atoms with Gasteiger partial charge in [0, 0.05) is 70.2 Å². The summed E-state index contributed by atoms with van der Waals surface area (Å²) in [4.78, 5) is 38.5. The summed E-state index contributed by atoms with van der Waals surface area (Å²) in [6.07, 6.45) is 17.8. The Morgan fingerprint density at radius 1 is 0.296 bits per heavy atom. The molecule has 0 saturated carbocycles. The first-order valence-corrected chi connectivity index (χ1v) is 35.8. The highest BCUT2D eigenvalue weighted by Gasteiger charge is 2.18. The lowest BCUT2D eigenvalue weighted by molar-refractivity contribution is 1.11. The van der Waals surface area contributed by atoms with Crippen LogP contribution >= 0.6 is 0 Å². The zero-order chi connectivity index (χ0) is 73.1. The Balaban J connectivity index is 0.000000172. The maximum absolute atomic E-state index is 8.70. The molecule has 16 rings (SSSR count). The fraction of sp³-hybridized carbons (Fsp3) is 0.0102. The van der Waals surface area contributed by atoms with E-state index in [1.54, 1.807) is 12.4 Å². The van der Waals surface area contributed by atoms with Crippen LogP contribution in [0.15, 0.2) is 401 Å². The number of aromatic nitrogens is 8. The molecular weight excluding hydrogens is 1320 g/mol. The normalized spacial score (nSPS) is 11.6. The van der Waals surface area contributed by atoms with Crippen molar-refractivity contribution in [1.29, 1.82) is 5.41 Å². The molecule has 0 radical (unpaired) electrons. The van der Waals surface area contributed by atoms with Crippen LogP contribution in [0.3, 0.4) is 0 Å². The van der Waals surface area contributed by atoms with Gasteiger partial charge in [-0.05, 0) is 134 Å². The highest BCUT2D eigenvalue weighted by molar-refractivity contribution is 6.10. The van der Waals surface area contributed by atoms with Crippen molar-refractivity contribution in [2.24, 2.45) is 5.73 Å². The number of allylic oxidation sites excluding steroid dienone is 6. The molecule has 0 unspecified atom stereocenters. The van der Waals surface area contributed by atoms with Gasteiger partial charge in [-0.3, -0.25) is 25.3 Å². The van der Waals surface area contributed by atoms with Crippen LogP contribution in [-0.4, -0.2) is 45.6 Å². The van der Waals surface area contributed by atoms with E-state index in [1.807, 2.05) is 207 Å². The number of nitrogens with zero attached hydrogens (tertiary/aromatic N) is 8. The maximum atomic E-state index is 8.70. The molecule has 3 N–H and O–H groups in total. The van der Waals surface area contributed by atoms with Gasteiger partial charge in [0.1, 0.15) is 0 Å². The fourth-order valence-electron chi connectivity index (χ4n) is 12.9. The Hall–Kier alpha value is -14.6. The van der Waals surface area contributed by atoms with E-state index in [2.05, 4.69) is 203 Å². The predicted molar refractivity (Wildman–Crippen MR) is 443 cm³/mol. The van der Waals surface area contributed by atoms with E-state index in [1.165, 1.54) is 0 Å². The van der Waals surface area contributed by atoms with Gasteiger partial charge in [-0.1, -0.05) is 309 Å². The number of pyridine rings is 4. The van der Waals surface area contributed by atoms with Crippen LogP contribution in [0.25, 0.3) is 135 Å². The zero-order valence-electron chi connectivity index (χ0n) is 59.0. The van der Waals surface area contributed by atoms with Crippen LogP contribution < -0.4 is 5.73 Å².